The smallest absolute Gasteiger partial charge is 0.255 e. The number of anilines is 5. The van der Waals surface area contributed by atoms with Crippen LogP contribution in [0, 0.1) is 13.8 Å². The van der Waals surface area contributed by atoms with Crippen LogP contribution in [0.5, 0.6) is 0 Å². The molecule has 0 atom stereocenters. The van der Waals surface area contributed by atoms with E-state index in [1.807, 2.05) is 73.7 Å². The van der Waals surface area contributed by atoms with Crippen LogP contribution in [0.4, 0.5) is 28.8 Å². The number of hydrogen-bond acceptors (Lipinski definition) is 5. The SMILES string of the molecule is Cc1ccc(Nc2cc(C)nc(Nc3ccc(NC(=O)c4ccc(C(C)(C)C)cc4)cc3)n2)cc1. The van der Waals surface area contributed by atoms with Gasteiger partial charge in [-0.1, -0.05) is 50.6 Å². The molecule has 0 fully saturated rings. The fourth-order valence-electron chi connectivity index (χ4n) is 3.56. The van der Waals surface area contributed by atoms with E-state index < -0.39 is 0 Å². The van der Waals surface area contributed by atoms with Crippen molar-refractivity contribution in [3.8, 4) is 0 Å². The van der Waals surface area contributed by atoms with Gasteiger partial charge in [-0.25, -0.2) is 4.98 Å². The van der Waals surface area contributed by atoms with Gasteiger partial charge in [-0.05, 0) is 73.4 Å². The first-order chi connectivity index (χ1) is 16.7. The molecule has 0 aliphatic rings. The molecular formula is C29H31N5O. The van der Waals surface area contributed by atoms with Gasteiger partial charge in [0.1, 0.15) is 5.82 Å². The zero-order valence-corrected chi connectivity index (χ0v) is 20.8. The molecule has 178 valence electrons. The number of nitrogens with zero attached hydrogens (tertiary/aromatic N) is 2. The topological polar surface area (TPSA) is 78.9 Å². The fraction of sp³-hybridized carbons (Fsp3) is 0.207. The van der Waals surface area contributed by atoms with E-state index in [1.54, 1.807) is 0 Å². The molecule has 0 radical (unpaired) electrons. The lowest BCUT2D eigenvalue weighted by Crippen LogP contribution is -2.14. The molecule has 4 rings (SSSR count). The molecule has 4 aromatic rings. The van der Waals surface area contributed by atoms with Gasteiger partial charge in [-0.3, -0.25) is 4.79 Å². The van der Waals surface area contributed by atoms with Gasteiger partial charge in [-0.15, -0.1) is 0 Å². The van der Waals surface area contributed by atoms with Crippen LogP contribution in [0.1, 0.15) is 48.0 Å². The van der Waals surface area contributed by atoms with E-state index in [9.17, 15) is 4.79 Å². The first-order valence-electron chi connectivity index (χ1n) is 11.6. The number of aryl methyl sites for hydroxylation is 2. The number of benzene rings is 3. The summed E-state index contributed by atoms with van der Waals surface area (Å²) in [6.07, 6.45) is 0. The minimum atomic E-state index is -0.139. The summed E-state index contributed by atoms with van der Waals surface area (Å²) in [6.45, 7) is 10.4. The van der Waals surface area contributed by atoms with E-state index in [2.05, 4.69) is 65.7 Å². The van der Waals surface area contributed by atoms with Crippen molar-refractivity contribution in [3.63, 3.8) is 0 Å². The predicted octanol–water partition coefficient (Wildman–Crippen LogP) is 7.13. The Hall–Kier alpha value is -4.19. The summed E-state index contributed by atoms with van der Waals surface area (Å²) in [4.78, 5) is 21.7. The van der Waals surface area contributed by atoms with Crippen LogP contribution in [0.3, 0.4) is 0 Å². The Morgan fingerprint density at radius 3 is 1.91 bits per heavy atom. The molecule has 6 nitrogen and oxygen atoms in total. The Morgan fingerprint density at radius 1 is 0.714 bits per heavy atom. The zero-order chi connectivity index (χ0) is 25.0. The molecule has 1 amide bonds. The monoisotopic (exact) mass is 465 g/mol. The van der Waals surface area contributed by atoms with Gasteiger partial charge >= 0.3 is 0 Å². The van der Waals surface area contributed by atoms with Gasteiger partial charge < -0.3 is 16.0 Å². The third-order valence-corrected chi connectivity index (χ3v) is 5.59. The molecule has 0 bridgehead atoms. The number of amides is 1. The minimum Gasteiger partial charge on any atom is -0.340 e. The summed E-state index contributed by atoms with van der Waals surface area (Å²) in [5.41, 5.74) is 6.43. The zero-order valence-electron chi connectivity index (χ0n) is 20.8. The highest BCUT2D eigenvalue weighted by atomic mass is 16.1. The van der Waals surface area contributed by atoms with Gasteiger partial charge in [-0.2, -0.15) is 4.98 Å². The van der Waals surface area contributed by atoms with Gasteiger partial charge in [0.25, 0.3) is 5.91 Å². The van der Waals surface area contributed by atoms with Gasteiger partial charge in [0, 0.05) is 34.4 Å². The van der Waals surface area contributed by atoms with Crippen LogP contribution >= 0.6 is 0 Å². The number of aromatic nitrogens is 2. The quantitative estimate of drug-likeness (QED) is 0.282. The first kappa shape index (κ1) is 24.0. The van der Waals surface area contributed by atoms with Crippen LogP contribution in [-0.4, -0.2) is 15.9 Å². The van der Waals surface area contributed by atoms with Crippen LogP contribution in [0.25, 0.3) is 0 Å². The molecule has 0 saturated carbocycles. The second kappa shape index (κ2) is 9.97. The average Bonchev–Trinajstić information content (AvgIpc) is 2.81. The maximum atomic E-state index is 12.6. The van der Waals surface area contributed by atoms with E-state index >= 15 is 0 Å². The summed E-state index contributed by atoms with van der Waals surface area (Å²) < 4.78 is 0. The third-order valence-electron chi connectivity index (χ3n) is 5.59. The van der Waals surface area contributed by atoms with Crippen molar-refractivity contribution in [3.05, 3.63) is 101 Å². The average molecular weight is 466 g/mol. The predicted molar refractivity (Wildman–Crippen MR) is 144 cm³/mol. The Balaban J connectivity index is 1.40. The number of rotatable bonds is 6. The van der Waals surface area contributed by atoms with E-state index in [0.29, 0.717) is 23.0 Å². The van der Waals surface area contributed by atoms with Crippen molar-refractivity contribution in [2.75, 3.05) is 16.0 Å². The number of carbonyl (C=O) groups is 1. The highest BCUT2D eigenvalue weighted by Crippen LogP contribution is 2.23. The van der Waals surface area contributed by atoms with Crippen LogP contribution in [0.2, 0.25) is 0 Å². The van der Waals surface area contributed by atoms with Crippen molar-refractivity contribution in [2.24, 2.45) is 0 Å². The molecular weight excluding hydrogens is 434 g/mol. The van der Waals surface area contributed by atoms with Crippen molar-refractivity contribution in [2.45, 2.75) is 40.0 Å². The second-order valence-corrected chi connectivity index (χ2v) is 9.69. The number of hydrogen-bond donors (Lipinski definition) is 3. The molecule has 35 heavy (non-hydrogen) atoms. The number of nitrogens with one attached hydrogen (secondary N) is 3. The second-order valence-electron chi connectivity index (χ2n) is 9.69. The normalized spacial score (nSPS) is 11.1. The van der Waals surface area contributed by atoms with Gasteiger partial charge in [0.05, 0.1) is 0 Å². The summed E-state index contributed by atoms with van der Waals surface area (Å²) >= 11 is 0. The molecule has 0 aliphatic carbocycles. The summed E-state index contributed by atoms with van der Waals surface area (Å²) in [5, 5.41) is 9.50. The standard InChI is InChI=1S/C29H31N5O/c1-19-6-12-23(13-7-19)31-26-18-20(2)30-28(34-26)33-25-16-14-24(15-17-25)32-27(35)21-8-10-22(11-9-21)29(3,4)5/h6-18H,1-5H3,(H,32,35)(H2,30,31,33,34). The Morgan fingerprint density at radius 2 is 1.29 bits per heavy atom. The summed E-state index contributed by atoms with van der Waals surface area (Å²) in [5.74, 6) is 1.07. The first-order valence-corrected chi connectivity index (χ1v) is 11.6. The van der Waals surface area contributed by atoms with E-state index in [1.165, 1.54) is 11.1 Å². The van der Waals surface area contributed by atoms with Crippen LogP contribution in [0.15, 0.2) is 78.9 Å². The van der Waals surface area contributed by atoms with Crippen molar-refractivity contribution >= 4 is 34.7 Å². The molecule has 0 unspecified atom stereocenters. The van der Waals surface area contributed by atoms with Crippen LogP contribution < -0.4 is 16.0 Å². The number of carbonyl (C=O) groups excluding carboxylic acids is 1. The Kier molecular flexibility index (Phi) is 6.82. The van der Waals surface area contributed by atoms with Crippen molar-refractivity contribution in [1.29, 1.82) is 0 Å². The molecule has 1 heterocycles. The molecule has 0 aliphatic heterocycles. The molecule has 0 saturated heterocycles. The lowest BCUT2D eigenvalue weighted by atomic mass is 9.87. The molecule has 6 heteroatoms. The summed E-state index contributed by atoms with van der Waals surface area (Å²) in [7, 11) is 0. The van der Waals surface area contributed by atoms with Crippen molar-refractivity contribution in [1.82, 2.24) is 9.97 Å². The van der Waals surface area contributed by atoms with Gasteiger partial charge in [0.2, 0.25) is 5.95 Å². The van der Waals surface area contributed by atoms with Gasteiger partial charge in [0.15, 0.2) is 0 Å². The van der Waals surface area contributed by atoms with Crippen LogP contribution in [-0.2, 0) is 5.41 Å². The Labute approximate surface area is 206 Å². The molecule has 3 N–H and O–H groups in total. The van der Waals surface area contributed by atoms with E-state index in [4.69, 9.17) is 0 Å². The summed E-state index contributed by atoms with van der Waals surface area (Å²) in [6, 6.07) is 25.3. The third kappa shape index (κ3) is 6.44. The maximum absolute atomic E-state index is 12.6. The van der Waals surface area contributed by atoms with E-state index in [0.717, 1.165) is 17.1 Å². The van der Waals surface area contributed by atoms with Crippen molar-refractivity contribution < 1.29 is 4.79 Å². The highest BCUT2D eigenvalue weighted by molar-refractivity contribution is 6.04. The minimum absolute atomic E-state index is 0.0519. The fourth-order valence-corrected chi connectivity index (χ4v) is 3.56. The molecule has 3 aromatic carbocycles. The van der Waals surface area contributed by atoms with E-state index in [-0.39, 0.29) is 11.3 Å². The molecule has 1 aromatic heterocycles. The highest BCUT2D eigenvalue weighted by Gasteiger charge is 2.14. The molecule has 0 spiro atoms. The lowest BCUT2D eigenvalue weighted by molar-refractivity contribution is 0.102. The lowest BCUT2D eigenvalue weighted by Gasteiger charge is -2.19. The maximum Gasteiger partial charge on any atom is 0.255 e. The largest absolute Gasteiger partial charge is 0.340 e. The Bertz CT molecular complexity index is 1310.